The number of carboxylic acid groups (broad SMARTS) is 1. The first kappa shape index (κ1) is 14.2. The van der Waals surface area contributed by atoms with Crippen molar-refractivity contribution in [3.8, 4) is 0 Å². The summed E-state index contributed by atoms with van der Waals surface area (Å²) in [5, 5.41) is 13.3. The zero-order valence-electron chi connectivity index (χ0n) is 9.61. The van der Waals surface area contributed by atoms with E-state index in [9.17, 15) is 14.4 Å². The van der Waals surface area contributed by atoms with Crippen LogP contribution in [0.2, 0.25) is 0 Å². The summed E-state index contributed by atoms with van der Waals surface area (Å²) in [7, 11) is 3.00. The molecular formula is C9H17N3O4. The molecule has 0 aromatic heterocycles. The zero-order valence-corrected chi connectivity index (χ0v) is 9.61. The van der Waals surface area contributed by atoms with Crippen LogP contribution in [0.3, 0.4) is 0 Å². The van der Waals surface area contributed by atoms with Crippen LogP contribution in [0.25, 0.3) is 0 Å². The molecule has 0 aliphatic rings. The lowest BCUT2D eigenvalue weighted by Gasteiger charge is -2.19. The summed E-state index contributed by atoms with van der Waals surface area (Å²) in [6.07, 6.45) is 0.182. The summed E-state index contributed by atoms with van der Waals surface area (Å²) in [5.74, 6) is -1.28. The van der Waals surface area contributed by atoms with Gasteiger partial charge in [0.15, 0.2) is 0 Å². The molecule has 0 heterocycles. The molecule has 1 atom stereocenters. The van der Waals surface area contributed by atoms with Gasteiger partial charge in [-0.2, -0.15) is 0 Å². The van der Waals surface area contributed by atoms with Gasteiger partial charge in [0.25, 0.3) is 0 Å². The van der Waals surface area contributed by atoms with Crippen molar-refractivity contribution in [1.29, 1.82) is 0 Å². The monoisotopic (exact) mass is 231 g/mol. The summed E-state index contributed by atoms with van der Waals surface area (Å²) < 4.78 is 0. The Morgan fingerprint density at radius 1 is 1.38 bits per heavy atom. The van der Waals surface area contributed by atoms with Crippen LogP contribution in [0, 0.1) is 0 Å². The van der Waals surface area contributed by atoms with Crippen molar-refractivity contribution in [2.45, 2.75) is 19.4 Å². The number of aliphatic carboxylic acids is 1. The molecule has 0 fully saturated rings. The maximum atomic E-state index is 11.4. The molecule has 0 spiro atoms. The number of hydrogen-bond donors (Lipinski definition) is 3. The first-order chi connectivity index (χ1) is 7.38. The van der Waals surface area contributed by atoms with Gasteiger partial charge >= 0.3 is 12.0 Å². The Bertz CT molecular complexity index is 280. The molecule has 16 heavy (non-hydrogen) atoms. The highest BCUT2D eigenvalue weighted by atomic mass is 16.4. The molecule has 92 valence electrons. The Morgan fingerprint density at radius 3 is 2.38 bits per heavy atom. The van der Waals surface area contributed by atoms with E-state index < -0.39 is 18.0 Å². The fourth-order valence-corrected chi connectivity index (χ4v) is 0.853. The SMILES string of the molecule is CNC(=O)CCN(C)C(=O)NC(C)C(=O)O. The number of urea groups is 1. The van der Waals surface area contributed by atoms with E-state index in [2.05, 4.69) is 10.6 Å². The zero-order chi connectivity index (χ0) is 12.7. The normalized spacial score (nSPS) is 11.4. The van der Waals surface area contributed by atoms with Crippen molar-refractivity contribution in [2.24, 2.45) is 0 Å². The number of rotatable bonds is 5. The molecule has 0 bridgehead atoms. The molecule has 0 rings (SSSR count). The Hall–Kier alpha value is -1.79. The Morgan fingerprint density at radius 2 is 1.94 bits per heavy atom. The molecule has 7 heteroatoms. The standard InChI is InChI=1S/C9H17N3O4/c1-6(8(14)15)11-9(16)12(3)5-4-7(13)10-2/h6H,4-5H2,1-3H3,(H,10,13)(H,11,16)(H,14,15). The minimum absolute atomic E-state index is 0.175. The highest BCUT2D eigenvalue weighted by Crippen LogP contribution is 1.91. The molecule has 3 N–H and O–H groups in total. The van der Waals surface area contributed by atoms with Gasteiger partial charge in [-0.15, -0.1) is 0 Å². The van der Waals surface area contributed by atoms with Crippen molar-refractivity contribution in [3.63, 3.8) is 0 Å². The second-order valence-electron chi connectivity index (χ2n) is 3.35. The number of hydrogen-bond acceptors (Lipinski definition) is 3. The van der Waals surface area contributed by atoms with Crippen LogP contribution in [0.15, 0.2) is 0 Å². The van der Waals surface area contributed by atoms with E-state index in [4.69, 9.17) is 5.11 Å². The Labute approximate surface area is 93.8 Å². The van der Waals surface area contributed by atoms with Crippen LogP contribution >= 0.6 is 0 Å². The average molecular weight is 231 g/mol. The van der Waals surface area contributed by atoms with E-state index in [1.807, 2.05) is 0 Å². The van der Waals surface area contributed by atoms with E-state index >= 15 is 0 Å². The van der Waals surface area contributed by atoms with E-state index in [1.165, 1.54) is 25.9 Å². The van der Waals surface area contributed by atoms with Crippen LogP contribution < -0.4 is 10.6 Å². The van der Waals surface area contributed by atoms with Crippen LogP contribution in [0.5, 0.6) is 0 Å². The maximum absolute atomic E-state index is 11.4. The third-order valence-electron chi connectivity index (χ3n) is 2.01. The molecule has 0 saturated heterocycles. The van der Waals surface area contributed by atoms with Gasteiger partial charge in [-0.25, -0.2) is 4.79 Å². The predicted molar refractivity (Wildman–Crippen MR) is 56.9 cm³/mol. The number of nitrogens with zero attached hydrogens (tertiary/aromatic N) is 1. The van der Waals surface area contributed by atoms with Crippen LogP contribution in [0.1, 0.15) is 13.3 Å². The number of amides is 3. The predicted octanol–water partition coefficient (Wildman–Crippen LogP) is -0.763. The lowest BCUT2D eigenvalue weighted by molar-refractivity contribution is -0.138. The molecule has 1 unspecified atom stereocenters. The second kappa shape index (κ2) is 6.65. The topological polar surface area (TPSA) is 98.7 Å². The minimum atomic E-state index is -1.10. The van der Waals surface area contributed by atoms with Crippen molar-refractivity contribution in [1.82, 2.24) is 15.5 Å². The van der Waals surface area contributed by atoms with Crippen molar-refractivity contribution < 1.29 is 19.5 Å². The number of carbonyl (C=O) groups is 3. The fourth-order valence-electron chi connectivity index (χ4n) is 0.853. The van der Waals surface area contributed by atoms with Crippen molar-refractivity contribution in [3.05, 3.63) is 0 Å². The van der Waals surface area contributed by atoms with Gasteiger partial charge in [0.05, 0.1) is 0 Å². The summed E-state index contributed by atoms with van der Waals surface area (Å²) in [4.78, 5) is 34.0. The molecule has 0 aromatic carbocycles. The van der Waals surface area contributed by atoms with Crippen molar-refractivity contribution >= 4 is 17.9 Å². The Balaban J connectivity index is 3.99. The third kappa shape index (κ3) is 5.18. The Kier molecular flexibility index (Phi) is 5.91. The summed E-state index contributed by atoms with van der Waals surface area (Å²) in [6.45, 7) is 1.60. The van der Waals surface area contributed by atoms with Gasteiger partial charge in [0, 0.05) is 27.1 Å². The lowest BCUT2D eigenvalue weighted by Crippen LogP contribution is -2.45. The maximum Gasteiger partial charge on any atom is 0.325 e. The van der Waals surface area contributed by atoms with Gasteiger partial charge in [-0.05, 0) is 6.92 Å². The smallest absolute Gasteiger partial charge is 0.325 e. The summed E-state index contributed by atoms with van der Waals surface area (Å²) >= 11 is 0. The van der Waals surface area contributed by atoms with E-state index in [0.717, 1.165) is 0 Å². The van der Waals surface area contributed by atoms with Crippen molar-refractivity contribution in [2.75, 3.05) is 20.6 Å². The van der Waals surface area contributed by atoms with Crippen LogP contribution in [-0.4, -0.2) is 54.6 Å². The molecular weight excluding hydrogens is 214 g/mol. The third-order valence-corrected chi connectivity index (χ3v) is 2.01. The van der Waals surface area contributed by atoms with Gasteiger partial charge in [-0.1, -0.05) is 0 Å². The quantitative estimate of drug-likeness (QED) is 0.579. The highest BCUT2D eigenvalue weighted by Gasteiger charge is 2.16. The first-order valence-electron chi connectivity index (χ1n) is 4.83. The largest absolute Gasteiger partial charge is 0.480 e. The van der Waals surface area contributed by atoms with Crippen LogP contribution in [0.4, 0.5) is 4.79 Å². The molecule has 3 amide bonds. The highest BCUT2D eigenvalue weighted by molar-refractivity contribution is 5.82. The molecule has 0 saturated carbocycles. The van der Waals surface area contributed by atoms with Gasteiger partial charge < -0.3 is 20.6 Å². The summed E-state index contributed by atoms with van der Waals surface area (Å²) in [6, 6.07) is -1.46. The molecule has 0 aliphatic heterocycles. The van der Waals surface area contributed by atoms with Gasteiger partial charge in [0.2, 0.25) is 5.91 Å². The molecule has 0 aliphatic carbocycles. The molecule has 0 aromatic rings. The van der Waals surface area contributed by atoms with Gasteiger partial charge in [-0.3, -0.25) is 9.59 Å². The molecule has 7 nitrogen and oxygen atoms in total. The first-order valence-corrected chi connectivity index (χ1v) is 4.83. The molecule has 0 radical (unpaired) electrons. The average Bonchev–Trinajstić information content (AvgIpc) is 2.24. The summed E-state index contributed by atoms with van der Waals surface area (Å²) in [5.41, 5.74) is 0. The number of carboxylic acids is 1. The fraction of sp³-hybridized carbons (Fsp3) is 0.667. The van der Waals surface area contributed by atoms with E-state index in [0.29, 0.717) is 0 Å². The van der Waals surface area contributed by atoms with E-state index in [1.54, 1.807) is 0 Å². The minimum Gasteiger partial charge on any atom is -0.480 e. The number of nitrogens with one attached hydrogen (secondary N) is 2. The van der Waals surface area contributed by atoms with Crippen LogP contribution in [-0.2, 0) is 9.59 Å². The lowest BCUT2D eigenvalue weighted by atomic mass is 10.3. The van der Waals surface area contributed by atoms with E-state index in [-0.39, 0.29) is 18.9 Å². The number of carbonyl (C=O) groups excluding carboxylic acids is 2. The second-order valence-corrected chi connectivity index (χ2v) is 3.35. The van der Waals surface area contributed by atoms with Gasteiger partial charge in [0.1, 0.15) is 6.04 Å².